The number of aromatic carboxylic acids is 1. The Hall–Kier alpha value is -2.34. The van der Waals surface area contributed by atoms with Gasteiger partial charge in [-0.15, -0.1) is 0 Å². The van der Waals surface area contributed by atoms with Crippen molar-refractivity contribution in [3.05, 3.63) is 70.4 Å². The number of fused-ring (bicyclic) bond motifs is 1. The molecule has 0 spiro atoms. The number of nitrogens with two attached hydrogens (primary N) is 1. The highest BCUT2D eigenvalue weighted by atomic mass is 35.5. The standard InChI is InChI=1S/C16H12ClNO2.H3NO/c17-13-3-1-2-10(6-13)7-14-8-11-4-5-12(16(19)20)9-15(11)18-14;1-2/h1-6,8-9,18H,7H2,(H,19,20);2H,1H2. The Balaban J connectivity index is 0.000000847. The fourth-order valence-corrected chi connectivity index (χ4v) is 2.50. The number of H-pyrrole nitrogens is 1. The number of hydrogen-bond acceptors (Lipinski definition) is 3. The molecule has 0 aliphatic rings. The highest BCUT2D eigenvalue weighted by Crippen LogP contribution is 2.20. The molecular weight excluding hydrogens is 304 g/mol. The second kappa shape index (κ2) is 7.09. The monoisotopic (exact) mass is 318 g/mol. The SMILES string of the molecule is NO.O=C(O)c1ccc2cc(Cc3cccc(Cl)c3)[nH]c2c1. The van der Waals surface area contributed by atoms with Crippen LogP contribution in [0.4, 0.5) is 0 Å². The third-order valence-electron chi connectivity index (χ3n) is 3.21. The summed E-state index contributed by atoms with van der Waals surface area (Å²) in [5, 5.41) is 17.2. The molecular formula is C16H15ClN2O3. The predicted octanol–water partition coefficient (Wildman–Crippen LogP) is 3.44. The normalized spacial score (nSPS) is 10.1. The first-order valence-corrected chi connectivity index (χ1v) is 6.85. The summed E-state index contributed by atoms with van der Waals surface area (Å²) in [7, 11) is 0. The molecule has 114 valence electrons. The van der Waals surface area contributed by atoms with Crippen LogP contribution in [-0.4, -0.2) is 21.3 Å². The number of carboxylic acids is 1. The number of rotatable bonds is 3. The maximum Gasteiger partial charge on any atom is 0.335 e. The zero-order valence-corrected chi connectivity index (χ0v) is 12.3. The van der Waals surface area contributed by atoms with Crippen molar-refractivity contribution < 1.29 is 15.1 Å². The van der Waals surface area contributed by atoms with Gasteiger partial charge in [-0.3, -0.25) is 0 Å². The Morgan fingerprint density at radius 3 is 2.59 bits per heavy atom. The van der Waals surface area contributed by atoms with Crippen LogP contribution in [0.2, 0.25) is 5.02 Å². The van der Waals surface area contributed by atoms with Gasteiger partial charge in [-0.1, -0.05) is 29.8 Å². The van der Waals surface area contributed by atoms with Crippen molar-refractivity contribution in [3.8, 4) is 0 Å². The minimum absolute atomic E-state index is 0.286. The fourth-order valence-electron chi connectivity index (χ4n) is 2.28. The summed E-state index contributed by atoms with van der Waals surface area (Å²) in [6.07, 6.45) is 0.734. The molecule has 0 bridgehead atoms. The number of benzene rings is 2. The van der Waals surface area contributed by atoms with E-state index < -0.39 is 5.97 Å². The van der Waals surface area contributed by atoms with Crippen LogP contribution in [0.5, 0.6) is 0 Å². The van der Waals surface area contributed by atoms with E-state index in [-0.39, 0.29) is 5.56 Å². The Labute approximate surface area is 131 Å². The van der Waals surface area contributed by atoms with Crippen molar-refractivity contribution in [3.63, 3.8) is 0 Å². The molecule has 1 aromatic heterocycles. The number of hydrogen-bond donors (Lipinski definition) is 4. The molecule has 5 nitrogen and oxygen atoms in total. The van der Waals surface area contributed by atoms with Gasteiger partial charge in [-0.05, 0) is 41.3 Å². The summed E-state index contributed by atoms with van der Waals surface area (Å²) in [6, 6.07) is 14.8. The molecule has 0 atom stereocenters. The number of aromatic nitrogens is 1. The zero-order chi connectivity index (χ0) is 16.1. The van der Waals surface area contributed by atoms with Gasteiger partial charge in [0.15, 0.2) is 0 Å². The summed E-state index contributed by atoms with van der Waals surface area (Å²) < 4.78 is 0. The third-order valence-corrected chi connectivity index (χ3v) is 3.44. The molecule has 1 heterocycles. The number of aromatic amines is 1. The van der Waals surface area contributed by atoms with Crippen LogP contribution in [0.15, 0.2) is 48.5 Å². The van der Waals surface area contributed by atoms with Crippen LogP contribution in [0.25, 0.3) is 10.9 Å². The van der Waals surface area contributed by atoms with E-state index in [1.165, 1.54) is 0 Å². The number of halogens is 1. The molecule has 3 rings (SSSR count). The van der Waals surface area contributed by atoms with E-state index >= 15 is 0 Å². The van der Waals surface area contributed by atoms with Gasteiger partial charge in [0.05, 0.1) is 5.56 Å². The molecule has 6 heteroatoms. The lowest BCUT2D eigenvalue weighted by Gasteiger charge is -1.99. The second-order valence-electron chi connectivity index (χ2n) is 4.71. The summed E-state index contributed by atoms with van der Waals surface area (Å²) in [4.78, 5) is 14.2. The summed E-state index contributed by atoms with van der Waals surface area (Å²) >= 11 is 5.97. The average Bonchev–Trinajstić information content (AvgIpc) is 2.90. The minimum Gasteiger partial charge on any atom is -0.478 e. The maximum atomic E-state index is 11.0. The lowest BCUT2D eigenvalue weighted by atomic mass is 10.1. The number of carboxylic acid groups (broad SMARTS) is 1. The van der Waals surface area contributed by atoms with Gasteiger partial charge in [0.25, 0.3) is 0 Å². The van der Waals surface area contributed by atoms with E-state index in [2.05, 4.69) is 10.9 Å². The highest BCUT2D eigenvalue weighted by Gasteiger charge is 2.07. The van der Waals surface area contributed by atoms with E-state index in [4.69, 9.17) is 21.9 Å². The summed E-state index contributed by atoms with van der Waals surface area (Å²) in [6.45, 7) is 0. The first kappa shape index (κ1) is 16.0. The lowest BCUT2D eigenvalue weighted by Crippen LogP contribution is -1.94. The van der Waals surface area contributed by atoms with Crippen molar-refractivity contribution in [2.24, 2.45) is 5.90 Å². The molecule has 0 unspecified atom stereocenters. The molecule has 0 fully saturated rings. The van der Waals surface area contributed by atoms with Crippen LogP contribution < -0.4 is 5.90 Å². The molecule has 0 aliphatic carbocycles. The summed E-state index contributed by atoms with van der Waals surface area (Å²) in [5.41, 5.74) is 3.27. The fraction of sp³-hybridized carbons (Fsp3) is 0.0625. The molecule has 3 aromatic rings. The third kappa shape index (κ3) is 3.65. The van der Waals surface area contributed by atoms with E-state index in [1.807, 2.05) is 36.4 Å². The van der Waals surface area contributed by atoms with Gasteiger partial charge < -0.3 is 15.3 Å². The van der Waals surface area contributed by atoms with Crippen molar-refractivity contribution in [2.75, 3.05) is 0 Å². The first-order valence-electron chi connectivity index (χ1n) is 6.47. The van der Waals surface area contributed by atoms with E-state index in [9.17, 15) is 4.79 Å². The Morgan fingerprint density at radius 1 is 1.14 bits per heavy atom. The van der Waals surface area contributed by atoms with Gasteiger partial charge >= 0.3 is 5.97 Å². The van der Waals surface area contributed by atoms with Gasteiger partial charge in [0, 0.05) is 22.7 Å². The van der Waals surface area contributed by atoms with Gasteiger partial charge in [0.2, 0.25) is 0 Å². The molecule has 2 aromatic carbocycles. The molecule has 0 saturated carbocycles. The van der Waals surface area contributed by atoms with Crippen LogP contribution in [0.1, 0.15) is 21.6 Å². The summed E-state index contributed by atoms with van der Waals surface area (Å²) in [5.74, 6) is 2.58. The second-order valence-corrected chi connectivity index (χ2v) is 5.14. The van der Waals surface area contributed by atoms with Crippen molar-refractivity contribution in [1.82, 2.24) is 4.98 Å². The van der Waals surface area contributed by atoms with Crippen molar-refractivity contribution in [2.45, 2.75) is 6.42 Å². The molecule has 5 N–H and O–H groups in total. The van der Waals surface area contributed by atoms with Gasteiger partial charge in [0.1, 0.15) is 0 Å². The first-order chi connectivity index (χ1) is 10.6. The minimum atomic E-state index is -0.919. The van der Waals surface area contributed by atoms with Crippen LogP contribution in [0, 0.1) is 0 Å². The van der Waals surface area contributed by atoms with Crippen LogP contribution >= 0.6 is 11.6 Å². The van der Waals surface area contributed by atoms with E-state index in [0.29, 0.717) is 5.02 Å². The smallest absolute Gasteiger partial charge is 0.335 e. The van der Waals surface area contributed by atoms with E-state index in [1.54, 1.807) is 12.1 Å². The topological polar surface area (TPSA) is 99.3 Å². The van der Waals surface area contributed by atoms with Crippen LogP contribution in [-0.2, 0) is 6.42 Å². The van der Waals surface area contributed by atoms with Gasteiger partial charge in [-0.25, -0.2) is 10.7 Å². The number of carbonyl (C=O) groups is 1. The molecule has 22 heavy (non-hydrogen) atoms. The maximum absolute atomic E-state index is 11.0. The molecule has 0 aliphatic heterocycles. The Kier molecular flexibility index (Phi) is 5.16. The number of nitrogens with one attached hydrogen (secondary N) is 1. The average molecular weight is 319 g/mol. The van der Waals surface area contributed by atoms with Gasteiger partial charge in [-0.2, -0.15) is 0 Å². The largest absolute Gasteiger partial charge is 0.478 e. The molecule has 0 saturated heterocycles. The lowest BCUT2D eigenvalue weighted by molar-refractivity contribution is 0.0697. The Bertz CT molecular complexity index is 799. The predicted molar refractivity (Wildman–Crippen MR) is 85.5 cm³/mol. The Morgan fingerprint density at radius 2 is 1.91 bits per heavy atom. The van der Waals surface area contributed by atoms with Crippen molar-refractivity contribution in [1.29, 1.82) is 0 Å². The van der Waals surface area contributed by atoms with Crippen molar-refractivity contribution >= 4 is 28.5 Å². The van der Waals surface area contributed by atoms with E-state index in [0.717, 1.165) is 28.6 Å². The zero-order valence-electron chi connectivity index (χ0n) is 11.6. The molecule has 0 amide bonds. The van der Waals surface area contributed by atoms with Crippen LogP contribution in [0.3, 0.4) is 0 Å². The molecule has 0 radical (unpaired) electrons. The highest BCUT2D eigenvalue weighted by molar-refractivity contribution is 6.30. The quantitative estimate of drug-likeness (QED) is 0.556.